The first-order chi connectivity index (χ1) is 6.29. The normalized spacial score (nSPS) is 10.1. The van der Waals surface area contributed by atoms with Crippen molar-refractivity contribution in [2.24, 2.45) is 0 Å². The Bertz CT molecular complexity index is 481. The number of nitrogens with two attached hydrogens (primary N) is 1. The van der Waals surface area contributed by atoms with Crippen LogP contribution in [-0.2, 0) is 6.42 Å². The molecule has 0 amide bonds. The van der Waals surface area contributed by atoms with Crippen molar-refractivity contribution in [3.63, 3.8) is 0 Å². The lowest BCUT2D eigenvalue weighted by atomic mass is 10.3. The Morgan fingerprint density at radius 3 is 3.15 bits per heavy atom. The van der Waals surface area contributed by atoms with Crippen LogP contribution >= 0.6 is 0 Å². The van der Waals surface area contributed by atoms with Gasteiger partial charge >= 0.3 is 0 Å². The second kappa shape index (κ2) is 2.79. The Hall–Kier alpha value is -2.02. The Morgan fingerprint density at radius 2 is 2.38 bits per heavy atom. The number of hydrogen-bond donors (Lipinski definition) is 1. The molecule has 2 N–H and O–H groups in total. The van der Waals surface area contributed by atoms with E-state index in [2.05, 4.69) is 4.98 Å². The smallest absolute Gasteiger partial charge is 0.209 e. The molecule has 1 aromatic carbocycles. The number of nitrogen functional groups attached to an aromatic ring is 1. The fourth-order valence-corrected chi connectivity index (χ4v) is 1.13. The summed E-state index contributed by atoms with van der Waals surface area (Å²) in [6.07, 6.45) is 0.189. The quantitative estimate of drug-likeness (QED) is 0.662. The highest BCUT2D eigenvalue weighted by Gasteiger charge is 2.04. The Balaban J connectivity index is 2.57. The van der Waals surface area contributed by atoms with E-state index in [1.165, 1.54) is 0 Å². The number of aromatic nitrogens is 1. The fraction of sp³-hybridized carbons (Fsp3) is 0.111. The number of benzene rings is 1. The molecular formula is C9H7N3O. The predicted molar refractivity (Wildman–Crippen MR) is 47.7 cm³/mol. The van der Waals surface area contributed by atoms with E-state index in [1.807, 2.05) is 6.07 Å². The lowest BCUT2D eigenvalue weighted by molar-refractivity contribution is 0.548. The fourth-order valence-electron chi connectivity index (χ4n) is 1.13. The molecule has 2 aromatic rings. The van der Waals surface area contributed by atoms with Crippen molar-refractivity contribution >= 4 is 16.8 Å². The molecule has 0 saturated heterocycles. The summed E-state index contributed by atoms with van der Waals surface area (Å²) in [5, 5.41) is 8.42. The topological polar surface area (TPSA) is 75.8 Å². The summed E-state index contributed by atoms with van der Waals surface area (Å²) in [4.78, 5) is 4.10. The van der Waals surface area contributed by atoms with Crippen LogP contribution in [0.4, 0.5) is 5.69 Å². The maximum atomic E-state index is 8.42. The van der Waals surface area contributed by atoms with Gasteiger partial charge in [0.2, 0.25) is 5.89 Å². The summed E-state index contributed by atoms with van der Waals surface area (Å²) in [6, 6.07) is 7.19. The standard InChI is InChI=1S/C9H7N3O/c10-4-3-9-12-7-2-1-6(11)5-8(7)13-9/h1-2,5H,3,11H2. The summed E-state index contributed by atoms with van der Waals surface area (Å²) in [5.74, 6) is 0.433. The highest BCUT2D eigenvalue weighted by Crippen LogP contribution is 2.18. The minimum Gasteiger partial charge on any atom is -0.439 e. The van der Waals surface area contributed by atoms with Crippen LogP contribution in [0.5, 0.6) is 0 Å². The minimum atomic E-state index is 0.189. The van der Waals surface area contributed by atoms with Gasteiger partial charge in [0.1, 0.15) is 11.9 Å². The first kappa shape index (κ1) is 7.62. The van der Waals surface area contributed by atoms with Gasteiger partial charge in [-0.3, -0.25) is 0 Å². The van der Waals surface area contributed by atoms with Crippen molar-refractivity contribution in [3.05, 3.63) is 24.1 Å². The zero-order chi connectivity index (χ0) is 9.26. The molecule has 64 valence electrons. The first-order valence-electron chi connectivity index (χ1n) is 3.81. The number of nitrogens with zero attached hydrogens (tertiary/aromatic N) is 2. The molecule has 4 nitrogen and oxygen atoms in total. The highest BCUT2D eigenvalue weighted by atomic mass is 16.3. The van der Waals surface area contributed by atoms with Crippen LogP contribution in [0.25, 0.3) is 11.1 Å². The van der Waals surface area contributed by atoms with Crippen molar-refractivity contribution in [1.82, 2.24) is 4.98 Å². The summed E-state index contributed by atoms with van der Waals surface area (Å²) in [5.41, 5.74) is 7.55. The van der Waals surface area contributed by atoms with E-state index < -0.39 is 0 Å². The number of nitriles is 1. The maximum absolute atomic E-state index is 8.42. The number of fused-ring (bicyclic) bond motifs is 1. The van der Waals surface area contributed by atoms with E-state index in [1.54, 1.807) is 18.2 Å². The van der Waals surface area contributed by atoms with Crippen LogP contribution in [-0.4, -0.2) is 4.98 Å². The van der Waals surface area contributed by atoms with Crippen LogP contribution in [0.1, 0.15) is 5.89 Å². The van der Waals surface area contributed by atoms with Gasteiger partial charge in [0, 0.05) is 11.8 Å². The molecule has 0 aliphatic rings. The van der Waals surface area contributed by atoms with Crippen molar-refractivity contribution in [3.8, 4) is 6.07 Å². The van der Waals surface area contributed by atoms with E-state index in [4.69, 9.17) is 15.4 Å². The molecule has 0 spiro atoms. The molecule has 2 rings (SSSR count). The number of anilines is 1. The molecule has 13 heavy (non-hydrogen) atoms. The van der Waals surface area contributed by atoms with Gasteiger partial charge in [-0.15, -0.1) is 0 Å². The second-order valence-electron chi connectivity index (χ2n) is 2.67. The molecule has 0 bridgehead atoms. The zero-order valence-electron chi connectivity index (χ0n) is 6.82. The lowest BCUT2D eigenvalue weighted by Crippen LogP contribution is -1.81. The summed E-state index contributed by atoms with van der Waals surface area (Å²) in [6.45, 7) is 0. The Morgan fingerprint density at radius 1 is 1.54 bits per heavy atom. The first-order valence-corrected chi connectivity index (χ1v) is 3.81. The molecule has 0 aliphatic heterocycles. The van der Waals surface area contributed by atoms with Gasteiger partial charge in [0.25, 0.3) is 0 Å². The highest BCUT2D eigenvalue weighted by molar-refractivity contribution is 5.76. The third kappa shape index (κ3) is 1.32. The average Bonchev–Trinajstić information content (AvgIpc) is 2.46. The molecule has 0 fully saturated rings. The van der Waals surface area contributed by atoms with Crippen molar-refractivity contribution in [2.75, 3.05) is 5.73 Å². The lowest BCUT2D eigenvalue weighted by Gasteiger charge is -1.88. The van der Waals surface area contributed by atoms with Gasteiger partial charge in [-0.1, -0.05) is 0 Å². The minimum absolute atomic E-state index is 0.189. The molecule has 1 heterocycles. The Kier molecular flexibility index (Phi) is 1.64. The predicted octanol–water partition coefficient (Wildman–Crippen LogP) is 1.48. The van der Waals surface area contributed by atoms with Crippen LogP contribution in [0, 0.1) is 11.3 Å². The van der Waals surface area contributed by atoms with Crippen LogP contribution in [0.15, 0.2) is 22.6 Å². The maximum Gasteiger partial charge on any atom is 0.209 e. The summed E-state index contributed by atoms with van der Waals surface area (Å²) < 4.78 is 5.28. The molecule has 0 radical (unpaired) electrons. The van der Waals surface area contributed by atoms with Gasteiger partial charge in [0.05, 0.1) is 6.07 Å². The van der Waals surface area contributed by atoms with Gasteiger partial charge in [0.15, 0.2) is 5.58 Å². The van der Waals surface area contributed by atoms with Gasteiger partial charge in [-0.25, -0.2) is 4.98 Å². The summed E-state index contributed by atoms with van der Waals surface area (Å²) in [7, 11) is 0. The molecular weight excluding hydrogens is 166 g/mol. The third-order valence-electron chi connectivity index (χ3n) is 1.69. The molecule has 1 aromatic heterocycles. The van der Waals surface area contributed by atoms with E-state index in [0.29, 0.717) is 17.2 Å². The molecule has 4 heteroatoms. The molecule has 0 unspecified atom stereocenters. The van der Waals surface area contributed by atoms with Crippen LogP contribution in [0.3, 0.4) is 0 Å². The van der Waals surface area contributed by atoms with Gasteiger partial charge in [-0.05, 0) is 12.1 Å². The van der Waals surface area contributed by atoms with Crippen molar-refractivity contribution in [2.45, 2.75) is 6.42 Å². The third-order valence-corrected chi connectivity index (χ3v) is 1.69. The van der Waals surface area contributed by atoms with E-state index in [0.717, 1.165) is 5.52 Å². The van der Waals surface area contributed by atoms with Gasteiger partial charge in [-0.2, -0.15) is 5.26 Å². The average molecular weight is 173 g/mol. The SMILES string of the molecule is N#CCc1nc2ccc(N)cc2o1. The van der Waals surface area contributed by atoms with E-state index in [9.17, 15) is 0 Å². The monoisotopic (exact) mass is 173 g/mol. The molecule has 0 atom stereocenters. The number of oxazole rings is 1. The number of hydrogen-bond acceptors (Lipinski definition) is 4. The van der Waals surface area contributed by atoms with Crippen LogP contribution < -0.4 is 5.73 Å². The van der Waals surface area contributed by atoms with E-state index in [-0.39, 0.29) is 6.42 Å². The van der Waals surface area contributed by atoms with E-state index >= 15 is 0 Å². The summed E-state index contributed by atoms with van der Waals surface area (Å²) >= 11 is 0. The molecule has 0 saturated carbocycles. The van der Waals surface area contributed by atoms with Crippen molar-refractivity contribution in [1.29, 1.82) is 5.26 Å². The largest absolute Gasteiger partial charge is 0.439 e. The van der Waals surface area contributed by atoms with Crippen molar-refractivity contribution < 1.29 is 4.42 Å². The Labute approximate surface area is 74.6 Å². The van der Waals surface area contributed by atoms with Gasteiger partial charge < -0.3 is 10.2 Å². The zero-order valence-corrected chi connectivity index (χ0v) is 6.82. The second-order valence-corrected chi connectivity index (χ2v) is 2.67. The number of rotatable bonds is 1. The molecule has 0 aliphatic carbocycles. The van der Waals surface area contributed by atoms with Crippen LogP contribution in [0.2, 0.25) is 0 Å².